The molecule has 1 N–H and O–H groups in total. The summed E-state index contributed by atoms with van der Waals surface area (Å²) in [5.74, 6) is -0.668. The zero-order chi connectivity index (χ0) is 17.0. The zero-order valence-electron chi connectivity index (χ0n) is 12.5. The summed E-state index contributed by atoms with van der Waals surface area (Å²) < 4.78 is 40.1. The summed E-state index contributed by atoms with van der Waals surface area (Å²) in [5, 5.41) is 2.78. The van der Waals surface area contributed by atoms with Gasteiger partial charge in [-0.2, -0.15) is 13.2 Å². The van der Waals surface area contributed by atoms with Crippen LogP contribution in [0.1, 0.15) is 10.4 Å². The molecule has 0 bridgehead atoms. The highest BCUT2D eigenvalue weighted by atomic mass is 32.1. The molecule has 1 aromatic carbocycles. The molecular weight excluding hydrogens is 329 g/mol. The van der Waals surface area contributed by atoms with Crippen molar-refractivity contribution in [2.75, 3.05) is 18.5 Å². The first-order valence-corrected chi connectivity index (χ1v) is 7.55. The molecule has 124 valence electrons. The number of aromatic nitrogens is 1. The van der Waals surface area contributed by atoms with Crippen LogP contribution in [-0.4, -0.2) is 30.3 Å². The van der Waals surface area contributed by atoms with E-state index in [0.717, 1.165) is 21.7 Å². The van der Waals surface area contributed by atoms with Crippen LogP contribution >= 0.6 is 11.3 Å². The van der Waals surface area contributed by atoms with Crippen molar-refractivity contribution in [3.8, 4) is 11.3 Å². The smallest absolute Gasteiger partial charge is 0.362 e. The van der Waals surface area contributed by atoms with E-state index in [2.05, 4.69) is 15.0 Å². The van der Waals surface area contributed by atoms with Crippen molar-refractivity contribution >= 4 is 22.4 Å². The van der Waals surface area contributed by atoms with Crippen LogP contribution in [0.4, 0.5) is 18.3 Å². The number of amides is 1. The third-order valence-electron chi connectivity index (χ3n) is 2.87. The normalized spacial score (nSPS) is 11.5. The predicted octanol–water partition coefficient (Wildman–Crippen LogP) is 3.94. The second-order valence-corrected chi connectivity index (χ2v) is 6.15. The number of nitrogens with zero attached hydrogens (tertiary/aromatic N) is 1. The number of benzene rings is 1. The highest BCUT2D eigenvalue weighted by Crippen LogP contribution is 2.30. The van der Waals surface area contributed by atoms with Gasteiger partial charge in [-0.3, -0.25) is 10.1 Å². The molecule has 23 heavy (non-hydrogen) atoms. The maximum Gasteiger partial charge on any atom is 0.411 e. The minimum absolute atomic E-state index is 0.332. The molecule has 0 fully saturated rings. The lowest BCUT2D eigenvalue weighted by atomic mass is 10.1. The SMILES string of the molecule is Cc1ccc(-c2nc(NC(=O)COCC(F)(F)F)sc2C)cc1. The Morgan fingerprint density at radius 1 is 1.26 bits per heavy atom. The Bertz CT molecular complexity index is 681. The predicted molar refractivity (Wildman–Crippen MR) is 82.5 cm³/mol. The number of hydrogen-bond acceptors (Lipinski definition) is 4. The van der Waals surface area contributed by atoms with Crippen molar-refractivity contribution in [3.63, 3.8) is 0 Å². The van der Waals surface area contributed by atoms with Crippen LogP contribution in [0.25, 0.3) is 11.3 Å². The number of rotatable bonds is 5. The molecule has 1 heterocycles. The van der Waals surface area contributed by atoms with Crippen LogP contribution in [-0.2, 0) is 9.53 Å². The van der Waals surface area contributed by atoms with Crippen LogP contribution in [0.2, 0.25) is 0 Å². The number of hydrogen-bond donors (Lipinski definition) is 1. The van der Waals surface area contributed by atoms with Crippen LogP contribution in [0, 0.1) is 13.8 Å². The van der Waals surface area contributed by atoms with Crippen LogP contribution in [0.15, 0.2) is 24.3 Å². The monoisotopic (exact) mass is 344 g/mol. The van der Waals surface area contributed by atoms with Crippen LogP contribution < -0.4 is 5.32 Å². The molecule has 0 saturated carbocycles. The second kappa shape index (κ2) is 7.10. The van der Waals surface area contributed by atoms with Crippen molar-refractivity contribution in [2.24, 2.45) is 0 Å². The number of ether oxygens (including phenoxy) is 1. The Kier molecular flexibility index (Phi) is 5.38. The molecule has 0 saturated heterocycles. The van der Waals surface area contributed by atoms with Gasteiger partial charge < -0.3 is 4.74 Å². The highest BCUT2D eigenvalue weighted by Gasteiger charge is 2.27. The lowest BCUT2D eigenvalue weighted by molar-refractivity contribution is -0.174. The topological polar surface area (TPSA) is 51.2 Å². The molecule has 1 aromatic heterocycles. The molecule has 1 amide bonds. The minimum Gasteiger partial charge on any atom is -0.362 e. The standard InChI is InChI=1S/C15H15F3N2O2S/c1-9-3-5-11(6-4-9)13-10(2)23-14(20-13)19-12(21)7-22-8-15(16,17)18/h3-6H,7-8H2,1-2H3,(H,19,20,21). The van der Waals surface area contributed by atoms with Gasteiger partial charge in [-0.15, -0.1) is 11.3 Å². The molecule has 2 aromatic rings. The number of alkyl halides is 3. The zero-order valence-corrected chi connectivity index (χ0v) is 13.3. The molecular formula is C15H15F3N2O2S. The summed E-state index contributed by atoms with van der Waals surface area (Å²) >= 11 is 1.26. The van der Waals surface area contributed by atoms with E-state index < -0.39 is 25.3 Å². The number of nitrogens with one attached hydrogen (secondary N) is 1. The number of anilines is 1. The highest BCUT2D eigenvalue weighted by molar-refractivity contribution is 7.16. The van der Waals surface area contributed by atoms with Gasteiger partial charge in [-0.1, -0.05) is 29.8 Å². The summed E-state index contributed by atoms with van der Waals surface area (Å²) in [5.41, 5.74) is 2.77. The van der Waals surface area contributed by atoms with E-state index in [1.54, 1.807) is 0 Å². The van der Waals surface area contributed by atoms with Crippen molar-refractivity contribution in [1.29, 1.82) is 0 Å². The number of thiazole rings is 1. The number of carbonyl (C=O) groups excluding carboxylic acids is 1. The molecule has 4 nitrogen and oxygen atoms in total. The van der Waals surface area contributed by atoms with Gasteiger partial charge in [0.1, 0.15) is 13.2 Å². The Hall–Kier alpha value is -1.93. The molecule has 0 radical (unpaired) electrons. The van der Waals surface area contributed by atoms with Crippen molar-refractivity contribution in [1.82, 2.24) is 4.98 Å². The quantitative estimate of drug-likeness (QED) is 0.894. The first kappa shape index (κ1) is 17.4. The summed E-state index contributed by atoms with van der Waals surface area (Å²) in [4.78, 5) is 16.8. The first-order valence-electron chi connectivity index (χ1n) is 6.73. The van der Waals surface area contributed by atoms with Gasteiger partial charge in [0.25, 0.3) is 5.91 Å². The third kappa shape index (κ3) is 5.33. The first-order chi connectivity index (χ1) is 10.7. The Morgan fingerprint density at radius 3 is 2.52 bits per heavy atom. The summed E-state index contributed by atoms with van der Waals surface area (Å²) in [6.45, 7) is 1.72. The summed E-state index contributed by atoms with van der Waals surface area (Å²) in [6, 6.07) is 7.76. The largest absolute Gasteiger partial charge is 0.411 e. The van der Waals surface area contributed by atoms with Crippen molar-refractivity contribution < 1.29 is 22.7 Å². The third-order valence-corrected chi connectivity index (χ3v) is 3.75. The van der Waals surface area contributed by atoms with Crippen molar-refractivity contribution in [2.45, 2.75) is 20.0 Å². The average molecular weight is 344 g/mol. The molecule has 0 aliphatic carbocycles. The fourth-order valence-electron chi connectivity index (χ4n) is 1.84. The van der Waals surface area contributed by atoms with E-state index in [1.165, 1.54) is 11.3 Å². The van der Waals surface area contributed by atoms with Gasteiger partial charge in [0.05, 0.1) is 5.69 Å². The van der Waals surface area contributed by atoms with E-state index in [9.17, 15) is 18.0 Å². The van der Waals surface area contributed by atoms with E-state index in [0.29, 0.717) is 5.13 Å². The molecule has 0 aliphatic heterocycles. The molecule has 8 heteroatoms. The molecule has 2 rings (SSSR count). The lowest BCUT2D eigenvalue weighted by Crippen LogP contribution is -2.23. The molecule has 0 atom stereocenters. The maximum absolute atomic E-state index is 11.9. The fraction of sp³-hybridized carbons (Fsp3) is 0.333. The van der Waals surface area contributed by atoms with Crippen molar-refractivity contribution in [3.05, 3.63) is 34.7 Å². The van der Waals surface area contributed by atoms with E-state index >= 15 is 0 Å². The van der Waals surface area contributed by atoms with E-state index in [-0.39, 0.29) is 0 Å². The lowest BCUT2D eigenvalue weighted by Gasteiger charge is -2.06. The molecule has 0 aliphatic rings. The minimum atomic E-state index is -4.45. The fourth-order valence-corrected chi connectivity index (χ4v) is 2.70. The summed E-state index contributed by atoms with van der Waals surface area (Å²) in [6.07, 6.45) is -4.45. The van der Waals surface area contributed by atoms with Gasteiger partial charge in [0.15, 0.2) is 5.13 Å². The Labute approximate surface area is 135 Å². The number of halogens is 3. The van der Waals surface area contributed by atoms with Crippen LogP contribution in [0.5, 0.6) is 0 Å². The number of aryl methyl sites for hydroxylation is 2. The molecule has 0 spiro atoms. The van der Waals surface area contributed by atoms with E-state index in [4.69, 9.17) is 0 Å². The van der Waals surface area contributed by atoms with Gasteiger partial charge in [-0.05, 0) is 13.8 Å². The van der Waals surface area contributed by atoms with Gasteiger partial charge in [-0.25, -0.2) is 4.98 Å². The van der Waals surface area contributed by atoms with Crippen LogP contribution in [0.3, 0.4) is 0 Å². The summed E-state index contributed by atoms with van der Waals surface area (Å²) in [7, 11) is 0. The van der Waals surface area contributed by atoms with E-state index in [1.807, 2.05) is 38.1 Å². The maximum atomic E-state index is 11.9. The Morgan fingerprint density at radius 2 is 1.91 bits per heavy atom. The second-order valence-electron chi connectivity index (χ2n) is 4.95. The van der Waals surface area contributed by atoms with Gasteiger partial charge in [0, 0.05) is 10.4 Å². The number of carbonyl (C=O) groups is 1. The Balaban J connectivity index is 1.98. The van der Waals surface area contributed by atoms with Gasteiger partial charge in [0.2, 0.25) is 0 Å². The van der Waals surface area contributed by atoms with Gasteiger partial charge >= 0.3 is 6.18 Å². The average Bonchev–Trinajstić information content (AvgIpc) is 2.79. The molecule has 0 unspecified atom stereocenters.